The Bertz CT molecular complexity index is 488. The second kappa shape index (κ2) is 3.74. The molecule has 1 unspecified atom stereocenters. The van der Waals surface area contributed by atoms with Crippen LogP contribution >= 0.6 is 22.9 Å². The molecule has 2 aromatic heterocycles. The van der Waals surface area contributed by atoms with E-state index in [2.05, 4.69) is 16.4 Å². The summed E-state index contributed by atoms with van der Waals surface area (Å²) in [4.78, 5) is 6.83. The van der Waals surface area contributed by atoms with Gasteiger partial charge in [-0.25, -0.2) is 4.98 Å². The lowest BCUT2D eigenvalue weighted by Gasteiger charge is -2.02. The summed E-state index contributed by atoms with van der Waals surface area (Å²) in [5, 5.41) is 5.18. The van der Waals surface area contributed by atoms with Gasteiger partial charge in [0.1, 0.15) is 9.98 Å². The average molecular weight is 239 g/mol. The van der Waals surface area contributed by atoms with E-state index in [1.165, 1.54) is 16.7 Å². The molecular formula is C11H11ClN2S. The summed E-state index contributed by atoms with van der Waals surface area (Å²) < 4.78 is 0. The molecule has 3 rings (SSSR count). The van der Waals surface area contributed by atoms with Crippen LogP contribution in [-0.4, -0.2) is 18.1 Å². The predicted molar refractivity (Wildman–Crippen MR) is 64.9 cm³/mol. The molecule has 1 aliphatic rings. The van der Waals surface area contributed by atoms with Crippen LogP contribution in [0.3, 0.4) is 0 Å². The van der Waals surface area contributed by atoms with Crippen LogP contribution in [0, 0.1) is 0 Å². The van der Waals surface area contributed by atoms with E-state index in [9.17, 15) is 0 Å². The molecule has 0 spiro atoms. The first-order valence-corrected chi connectivity index (χ1v) is 6.29. The maximum atomic E-state index is 5.87. The number of thiophene rings is 1. The number of hydrogen-bond acceptors (Lipinski definition) is 3. The van der Waals surface area contributed by atoms with Gasteiger partial charge < -0.3 is 5.32 Å². The van der Waals surface area contributed by atoms with E-state index < -0.39 is 0 Å². The van der Waals surface area contributed by atoms with Crippen molar-refractivity contribution in [2.45, 2.75) is 12.3 Å². The van der Waals surface area contributed by atoms with Gasteiger partial charge in [0.25, 0.3) is 0 Å². The van der Waals surface area contributed by atoms with Gasteiger partial charge in [-0.1, -0.05) is 11.6 Å². The van der Waals surface area contributed by atoms with Gasteiger partial charge in [-0.3, -0.25) is 0 Å². The van der Waals surface area contributed by atoms with Gasteiger partial charge in [0, 0.05) is 22.7 Å². The quantitative estimate of drug-likeness (QED) is 0.773. The summed E-state index contributed by atoms with van der Waals surface area (Å²) in [5.74, 6) is 0.669. The zero-order chi connectivity index (χ0) is 10.3. The van der Waals surface area contributed by atoms with Crippen LogP contribution in [0.4, 0.5) is 0 Å². The van der Waals surface area contributed by atoms with E-state index in [0.29, 0.717) is 11.1 Å². The van der Waals surface area contributed by atoms with Crippen molar-refractivity contribution in [3.8, 4) is 0 Å². The number of nitrogens with zero attached hydrogens (tertiary/aromatic N) is 1. The van der Waals surface area contributed by atoms with E-state index in [0.717, 1.165) is 17.9 Å². The molecule has 15 heavy (non-hydrogen) atoms. The van der Waals surface area contributed by atoms with Crippen LogP contribution in [0.1, 0.15) is 17.2 Å². The Hall–Kier alpha value is -0.640. The summed E-state index contributed by atoms with van der Waals surface area (Å²) in [6, 6.07) is 6.15. The fourth-order valence-corrected chi connectivity index (χ4v) is 3.38. The molecule has 1 aliphatic heterocycles. The van der Waals surface area contributed by atoms with Gasteiger partial charge in [0.05, 0.1) is 0 Å². The molecule has 0 aliphatic carbocycles. The van der Waals surface area contributed by atoms with Gasteiger partial charge in [-0.2, -0.15) is 0 Å². The first-order valence-electron chi connectivity index (χ1n) is 5.09. The minimum absolute atomic E-state index is 0.584. The molecule has 0 aromatic carbocycles. The monoisotopic (exact) mass is 238 g/mol. The average Bonchev–Trinajstić information content (AvgIpc) is 2.84. The van der Waals surface area contributed by atoms with Gasteiger partial charge in [-0.05, 0) is 31.2 Å². The van der Waals surface area contributed by atoms with Crippen LogP contribution < -0.4 is 5.32 Å². The van der Waals surface area contributed by atoms with E-state index in [1.54, 1.807) is 11.3 Å². The van der Waals surface area contributed by atoms with Crippen LogP contribution in [-0.2, 0) is 0 Å². The zero-order valence-electron chi connectivity index (χ0n) is 8.16. The minimum atomic E-state index is 0.584. The highest BCUT2D eigenvalue weighted by Crippen LogP contribution is 2.33. The van der Waals surface area contributed by atoms with Crippen molar-refractivity contribution in [2.24, 2.45) is 0 Å². The van der Waals surface area contributed by atoms with Crippen molar-refractivity contribution < 1.29 is 0 Å². The van der Waals surface area contributed by atoms with Crippen LogP contribution in [0.25, 0.3) is 10.2 Å². The lowest BCUT2D eigenvalue weighted by molar-refractivity contribution is 0.779. The third-order valence-corrected chi connectivity index (χ3v) is 4.25. The van der Waals surface area contributed by atoms with Crippen molar-refractivity contribution in [1.82, 2.24) is 10.3 Å². The second-order valence-corrected chi connectivity index (χ2v) is 5.32. The first-order chi connectivity index (χ1) is 7.33. The van der Waals surface area contributed by atoms with E-state index in [4.69, 9.17) is 11.6 Å². The van der Waals surface area contributed by atoms with Crippen molar-refractivity contribution in [3.63, 3.8) is 0 Å². The Morgan fingerprint density at radius 1 is 1.47 bits per heavy atom. The fraction of sp³-hybridized carbons (Fsp3) is 0.364. The number of fused-ring (bicyclic) bond motifs is 1. The Kier molecular flexibility index (Phi) is 2.39. The lowest BCUT2D eigenvalue weighted by Crippen LogP contribution is -2.07. The van der Waals surface area contributed by atoms with E-state index in [-0.39, 0.29) is 0 Å². The number of aromatic nitrogens is 1. The molecule has 78 valence electrons. The molecular weight excluding hydrogens is 228 g/mol. The smallest absolute Gasteiger partial charge is 0.130 e. The molecule has 1 saturated heterocycles. The predicted octanol–water partition coefficient (Wildman–Crippen LogP) is 3.03. The maximum absolute atomic E-state index is 5.87. The molecule has 2 aromatic rings. The standard InChI is InChI=1S/C11H11ClN2S/c12-10-2-1-7-5-9(15-11(7)14-10)8-3-4-13-6-8/h1-2,5,8,13H,3-4,6H2. The number of hydrogen-bond donors (Lipinski definition) is 1. The minimum Gasteiger partial charge on any atom is -0.316 e. The van der Waals surface area contributed by atoms with Crippen LogP contribution in [0.2, 0.25) is 5.15 Å². The molecule has 1 N–H and O–H groups in total. The van der Waals surface area contributed by atoms with Crippen LogP contribution in [0.15, 0.2) is 18.2 Å². The summed E-state index contributed by atoms with van der Waals surface area (Å²) >= 11 is 7.64. The largest absolute Gasteiger partial charge is 0.316 e. The third-order valence-electron chi connectivity index (χ3n) is 2.83. The van der Waals surface area contributed by atoms with E-state index in [1.807, 2.05) is 12.1 Å². The van der Waals surface area contributed by atoms with Crippen molar-refractivity contribution in [2.75, 3.05) is 13.1 Å². The molecule has 1 atom stereocenters. The van der Waals surface area contributed by atoms with Gasteiger partial charge in [0.15, 0.2) is 0 Å². The summed E-state index contributed by atoms with van der Waals surface area (Å²) in [6.45, 7) is 2.23. The molecule has 1 fully saturated rings. The van der Waals surface area contributed by atoms with Crippen molar-refractivity contribution >= 4 is 33.2 Å². The fourth-order valence-electron chi connectivity index (χ4n) is 2.01. The number of pyridine rings is 1. The highest BCUT2D eigenvalue weighted by molar-refractivity contribution is 7.18. The number of halogens is 1. The Morgan fingerprint density at radius 3 is 3.20 bits per heavy atom. The maximum Gasteiger partial charge on any atom is 0.130 e. The van der Waals surface area contributed by atoms with Gasteiger partial charge in [-0.15, -0.1) is 11.3 Å². The lowest BCUT2D eigenvalue weighted by atomic mass is 10.1. The Labute approximate surface area is 97.3 Å². The first kappa shape index (κ1) is 9.58. The summed E-state index contributed by atoms with van der Waals surface area (Å²) in [7, 11) is 0. The highest BCUT2D eigenvalue weighted by atomic mass is 35.5. The molecule has 0 radical (unpaired) electrons. The SMILES string of the molecule is Clc1ccc2cc(C3CCNC3)sc2n1. The van der Waals surface area contributed by atoms with Gasteiger partial charge in [0.2, 0.25) is 0 Å². The van der Waals surface area contributed by atoms with Crippen molar-refractivity contribution in [3.05, 3.63) is 28.2 Å². The van der Waals surface area contributed by atoms with Gasteiger partial charge >= 0.3 is 0 Å². The summed E-state index contributed by atoms with van der Waals surface area (Å²) in [6.07, 6.45) is 1.24. The molecule has 0 saturated carbocycles. The Balaban J connectivity index is 2.05. The van der Waals surface area contributed by atoms with Crippen LogP contribution in [0.5, 0.6) is 0 Å². The van der Waals surface area contributed by atoms with E-state index >= 15 is 0 Å². The number of rotatable bonds is 1. The molecule has 4 heteroatoms. The Morgan fingerprint density at radius 2 is 2.40 bits per heavy atom. The third kappa shape index (κ3) is 1.75. The molecule has 2 nitrogen and oxygen atoms in total. The zero-order valence-corrected chi connectivity index (χ0v) is 9.74. The topological polar surface area (TPSA) is 24.9 Å². The summed E-state index contributed by atoms with van der Waals surface area (Å²) in [5.41, 5.74) is 0. The molecule has 0 amide bonds. The highest BCUT2D eigenvalue weighted by Gasteiger charge is 2.18. The molecule has 0 bridgehead atoms. The molecule has 3 heterocycles. The normalized spacial score (nSPS) is 21.3. The van der Waals surface area contributed by atoms with Crippen molar-refractivity contribution in [1.29, 1.82) is 0 Å². The number of nitrogens with one attached hydrogen (secondary N) is 1. The second-order valence-electron chi connectivity index (χ2n) is 3.87.